The number of hydrogen-bond acceptors (Lipinski definition) is 1. The van der Waals surface area contributed by atoms with Gasteiger partial charge in [-0.15, -0.1) is 13.2 Å². The van der Waals surface area contributed by atoms with Crippen molar-refractivity contribution in [1.82, 2.24) is 0 Å². The Balaban J connectivity index is 4.20. The average Bonchev–Trinajstić information content (AvgIpc) is 2.27. The van der Waals surface area contributed by atoms with Gasteiger partial charge in [-0.2, -0.15) is 0 Å². The topological polar surface area (TPSA) is 17.1 Å². The normalized spacial score (nSPS) is 18.2. The van der Waals surface area contributed by atoms with Crippen LogP contribution in [-0.4, -0.2) is 5.78 Å². The summed E-state index contributed by atoms with van der Waals surface area (Å²) in [5.74, 6) is 1.49. The Hall–Kier alpha value is -0.850. The van der Waals surface area contributed by atoms with Crippen LogP contribution in [-0.2, 0) is 4.79 Å². The fourth-order valence-corrected chi connectivity index (χ4v) is 2.03. The van der Waals surface area contributed by atoms with E-state index in [0.29, 0.717) is 17.6 Å². The Kier molecular flexibility index (Phi) is 7.03. The molecule has 92 valence electrons. The highest BCUT2D eigenvalue weighted by Crippen LogP contribution is 2.21. The number of carbonyl (C=O) groups is 1. The van der Waals surface area contributed by atoms with Gasteiger partial charge in [0.15, 0.2) is 0 Å². The van der Waals surface area contributed by atoms with Gasteiger partial charge in [0, 0.05) is 11.8 Å². The molecule has 0 aromatic rings. The Morgan fingerprint density at radius 2 is 1.25 bits per heavy atom. The van der Waals surface area contributed by atoms with Crippen molar-refractivity contribution in [3.8, 4) is 0 Å². The van der Waals surface area contributed by atoms with E-state index in [1.54, 1.807) is 0 Å². The molecule has 0 amide bonds. The first-order chi connectivity index (χ1) is 7.42. The Morgan fingerprint density at radius 1 is 0.938 bits per heavy atom. The van der Waals surface area contributed by atoms with E-state index in [1.807, 2.05) is 26.0 Å². The molecular weight excluding hydrogens is 196 g/mol. The first-order valence-corrected chi connectivity index (χ1v) is 6.21. The smallest absolute Gasteiger partial charge is 0.138 e. The summed E-state index contributed by atoms with van der Waals surface area (Å²) in [5, 5.41) is 0. The fraction of sp³-hybridized carbons (Fsp3) is 0.667. The van der Waals surface area contributed by atoms with Gasteiger partial charge in [-0.25, -0.2) is 0 Å². The molecule has 16 heavy (non-hydrogen) atoms. The van der Waals surface area contributed by atoms with E-state index in [0.717, 1.165) is 12.8 Å². The number of allylic oxidation sites excluding steroid dienone is 2. The van der Waals surface area contributed by atoms with Gasteiger partial charge >= 0.3 is 0 Å². The lowest BCUT2D eigenvalue weighted by molar-refractivity contribution is -0.126. The molecule has 0 spiro atoms. The molecule has 0 saturated heterocycles. The molecule has 0 aliphatic rings. The molecule has 0 radical (unpaired) electrons. The molecule has 0 aromatic heterocycles. The highest BCUT2D eigenvalue weighted by atomic mass is 16.1. The summed E-state index contributed by atoms with van der Waals surface area (Å²) in [5.41, 5.74) is 0. The first-order valence-electron chi connectivity index (χ1n) is 6.21. The first kappa shape index (κ1) is 15.2. The lowest BCUT2D eigenvalue weighted by Gasteiger charge is -2.19. The van der Waals surface area contributed by atoms with Gasteiger partial charge in [0.1, 0.15) is 5.78 Å². The molecule has 1 heteroatoms. The van der Waals surface area contributed by atoms with Crippen LogP contribution in [0.25, 0.3) is 0 Å². The van der Waals surface area contributed by atoms with Gasteiger partial charge in [-0.05, 0) is 24.7 Å². The van der Waals surface area contributed by atoms with Crippen molar-refractivity contribution in [2.45, 2.75) is 40.5 Å². The van der Waals surface area contributed by atoms with E-state index in [9.17, 15) is 4.79 Å². The maximum Gasteiger partial charge on any atom is 0.138 e. The van der Waals surface area contributed by atoms with Crippen molar-refractivity contribution in [3.05, 3.63) is 25.3 Å². The molecule has 0 N–H and O–H groups in total. The highest BCUT2D eigenvalue weighted by molar-refractivity contribution is 5.82. The molecular formula is C15H26O. The molecule has 0 heterocycles. The molecule has 0 aliphatic heterocycles. The molecule has 0 rings (SSSR count). The van der Waals surface area contributed by atoms with Crippen LogP contribution in [0.5, 0.6) is 0 Å². The van der Waals surface area contributed by atoms with E-state index in [2.05, 4.69) is 27.0 Å². The summed E-state index contributed by atoms with van der Waals surface area (Å²) in [6.45, 7) is 15.8. The van der Waals surface area contributed by atoms with Crippen LogP contribution >= 0.6 is 0 Å². The molecule has 0 aromatic carbocycles. The number of carbonyl (C=O) groups excluding carboxylic acids is 1. The molecule has 0 aliphatic carbocycles. The number of rotatable bonds is 8. The number of Topliss-reactive ketones (excluding diaryl/α,β-unsaturated/α-hetero) is 1. The van der Waals surface area contributed by atoms with Gasteiger partial charge < -0.3 is 0 Å². The van der Waals surface area contributed by atoms with Crippen LogP contribution < -0.4 is 0 Å². The summed E-state index contributed by atoms with van der Waals surface area (Å²) >= 11 is 0. The maximum absolute atomic E-state index is 12.1. The Labute approximate surface area is 101 Å². The van der Waals surface area contributed by atoms with E-state index in [-0.39, 0.29) is 11.8 Å². The predicted molar refractivity (Wildman–Crippen MR) is 71.3 cm³/mol. The third-order valence-corrected chi connectivity index (χ3v) is 3.23. The van der Waals surface area contributed by atoms with E-state index in [4.69, 9.17) is 0 Å². The average molecular weight is 222 g/mol. The van der Waals surface area contributed by atoms with Crippen LogP contribution in [0.3, 0.4) is 0 Å². The van der Waals surface area contributed by atoms with Gasteiger partial charge in [0.05, 0.1) is 0 Å². The predicted octanol–water partition coefficient (Wildman–Crippen LogP) is 4.25. The van der Waals surface area contributed by atoms with Crippen molar-refractivity contribution in [1.29, 1.82) is 0 Å². The largest absolute Gasteiger partial charge is 0.299 e. The van der Waals surface area contributed by atoms with Crippen molar-refractivity contribution in [2.75, 3.05) is 0 Å². The summed E-state index contributed by atoms with van der Waals surface area (Å²) in [4.78, 5) is 12.1. The lowest BCUT2D eigenvalue weighted by atomic mass is 9.84. The monoisotopic (exact) mass is 222 g/mol. The molecule has 4 atom stereocenters. The van der Waals surface area contributed by atoms with Gasteiger partial charge in [0.2, 0.25) is 0 Å². The molecule has 4 unspecified atom stereocenters. The highest BCUT2D eigenvalue weighted by Gasteiger charge is 2.21. The minimum absolute atomic E-state index is 0.139. The second-order valence-electron chi connectivity index (χ2n) is 5.10. The van der Waals surface area contributed by atoms with Crippen LogP contribution in [0.4, 0.5) is 0 Å². The molecule has 0 fully saturated rings. The molecule has 0 bridgehead atoms. The lowest BCUT2D eigenvalue weighted by Crippen LogP contribution is -2.22. The second kappa shape index (κ2) is 7.43. The SMILES string of the molecule is C=CC(C)CC(C)C(=O)C(C)CC(C)C=C. The fourth-order valence-electron chi connectivity index (χ4n) is 2.03. The Bertz CT molecular complexity index is 218. The maximum atomic E-state index is 12.1. The van der Waals surface area contributed by atoms with Crippen LogP contribution in [0.2, 0.25) is 0 Å². The zero-order valence-corrected chi connectivity index (χ0v) is 11.2. The zero-order valence-electron chi connectivity index (χ0n) is 11.2. The van der Waals surface area contributed by atoms with Gasteiger partial charge in [-0.1, -0.05) is 39.8 Å². The second-order valence-corrected chi connectivity index (χ2v) is 5.10. The summed E-state index contributed by atoms with van der Waals surface area (Å²) < 4.78 is 0. The summed E-state index contributed by atoms with van der Waals surface area (Å²) in [6, 6.07) is 0. The minimum Gasteiger partial charge on any atom is -0.299 e. The summed E-state index contributed by atoms with van der Waals surface area (Å²) in [6.07, 6.45) is 5.66. The number of ketones is 1. The van der Waals surface area contributed by atoms with E-state index in [1.165, 1.54) is 0 Å². The van der Waals surface area contributed by atoms with Crippen molar-refractivity contribution >= 4 is 5.78 Å². The van der Waals surface area contributed by atoms with E-state index < -0.39 is 0 Å². The molecule has 1 nitrogen and oxygen atoms in total. The standard InChI is InChI=1S/C15H26O/c1-7-11(3)9-13(5)15(16)14(6)10-12(4)8-2/h7-8,11-14H,1-2,9-10H2,3-6H3. The minimum atomic E-state index is 0.139. The van der Waals surface area contributed by atoms with Crippen molar-refractivity contribution < 1.29 is 4.79 Å². The quantitative estimate of drug-likeness (QED) is 0.561. The third-order valence-electron chi connectivity index (χ3n) is 3.23. The van der Waals surface area contributed by atoms with Crippen LogP contribution in [0, 0.1) is 23.7 Å². The zero-order chi connectivity index (χ0) is 12.7. The van der Waals surface area contributed by atoms with Crippen molar-refractivity contribution in [3.63, 3.8) is 0 Å². The van der Waals surface area contributed by atoms with Crippen LogP contribution in [0.15, 0.2) is 25.3 Å². The van der Waals surface area contributed by atoms with Crippen LogP contribution in [0.1, 0.15) is 40.5 Å². The summed E-state index contributed by atoms with van der Waals surface area (Å²) in [7, 11) is 0. The van der Waals surface area contributed by atoms with Crippen molar-refractivity contribution in [2.24, 2.45) is 23.7 Å². The molecule has 0 saturated carbocycles. The van der Waals surface area contributed by atoms with E-state index >= 15 is 0 Å². The van der Waals surface area contributed by atoms with Gasteiger partial charge in [0.25, 0.3) is 0 Å². The Morgan fingerprint density at radius 3 is 1.50 bits per heavy atom. The third kappa shape index (κ3) is 5.29. The van der Waals surface area contributed by atoms with Gasteiger partial charge in [-0.3, -0.25) is 4.79 Å². The number of hydrogen-bond donors (Lipinski definition) is 0.